The Morgan fingerprint density at radius 1 is 1.33 bits per heavy atom. The Morgan fingerprint density at radius 3 is 2.81 bits per heavy atom. The fraction of sp³-hybridized carbons (Fsp3) is 0.588. The molecule has 0 spiro atoms. The molecule has 1 aliphatic rings. The molecule has 1 fully saturated rings. The smallest absolute Gasteiger partial charge is 0.408 e. The minimum absolute atomic E-state index is 0.327. The van der Waals surface area contributed by atoms with Crippen LogP contribution >= 0.6 is 0 Å². The van der Waals surface area contributed by atoms with E-state index in [1.807, 2.05) is 25.1 Å². The average molecular weight is 289 g/mol. The summed E-state index contributed by atoms with van der Waals surface area (Å²) in [4.78, 5) is 11.7. The number of aliphatic hydroxyl groups is 1. The Kier molecular flexibility index (Phi) is 4.15. The Bertz CT molecular complexity index is 664. The first-order valence-electron chi connectivity index (χ1n) is 8.00. The number of fused-ring (bicyclic) bond motifs is 1. The van der Waals surface area contributed by atoms with E-state index in [1.54, 1.807) is 4.57 Å². The molecule has 2 aromatic rings. The number of nitrogens with zero attached hydrogens (tertiary/aromatic N) is 1. The van der Waals surface area contributed by atoms with Crippen LogP contribution in [0.5, 0.6) is 0 Å². The van der Waals surface area contributed by atoms with E-state index in [9.17, 15) is 9.90 Å². The molecule has 4 heteroatoms. The lowest BCUT2D eigenvalue weighted by Crippen LogP contribution is -2.12. The Hall–Kier alpha value is -1.55. The first kappa shape index (κ1) is 14.4. The van der Waals surface area contributed by atoms with Crippen LogP contribution in [0, 0.1) is 5.92 Å². The highest BCUT2D eigenvalue weighted by molar-refractivity contribution is 5.73. The largest absolute Gasteiger partial charge is 0.419 e. The summed E-state index contributed by atoms with van der Waals surface area (Å²) < 4.78 is 6.87. The van der Waals surface area contributed by atoms with Crippen LogP contribution in [0.4, 0.5) is 0 Å². The molecule has 4 nitrogen and oxygen atoms in total. The molecule has 1 heterocycles. The first-order valence-corrected chi connectivity index (χ1v) is 8.00. The average Bonchev–Trinajstić information content (AvgIpc) is 2.82. The van der Waals surface area contributed by atoms with Gasteiger partial charge in [-0.3, -0.25) is 4.57 Å². The van der Waals surface area contributed by atoms with Crippen LogP contribution < -0.4 is 5.76 Å². The van der Waals surface area contributed by atoms with Gasteiger partial charge in [-0.15, -0.1) is 0 Å². The van der Waals surface area contributed by atoms with Crippen molar-refractivity contribution in [3.8, 4) is 0 Å². The van der Waals surface area contributed by atoms with Gasteiger partial charge in [-0.25, -0.2) is 4.79 Å². The molecule has 3 rings (SSSR count). The van der Waals surface area contributed by atoms with Gasteiger partial charge in [0.05, 0.1) is 11.6 Å². The molecule has 21 heavy (non-hydrogen) atoms. The van der Waals surface area contributed by atoms with E-state index < -0.39 is 6.10 Å². The van der Waals surface area contributed by atoms with Crippen LogP contribution in [0.15, 0.2) is 27.4 Å². The van der Waals surface area contributed by atoms with Gasteiger partial charge in [0.1, 0.15) is 0 Å². The molecule has 1 aromatic carbocycles. The molecule has 1 aromatic heterocycles. The van der Waals surface area contributed by atoms with E-state index >= 15 is 0 Å². The number of aliphatic hydroxyl groups excluding tert-OH is 1. The second-order valence-electron chi connectivity index (χ2n) is 6.09. The summed E-state index contributed by atoms with van der Waals surface area (Å²) in [5.74, 6) is 0.295. The number of aromatic nitrogens is 1. The molecule has 1 saturated carbocycles. The van der Waals surface area contributed by atoms with Crippen molar-refractivity contribution >= 4 is 11.1 Å². The fourth-order valence-electron chi connectivity index (χ4n) is 3.46. The molecule has 1 atom stereocenters. The van der Waals surface area contributed by atoms with Gasteiger partial charge in [0.15, 0.2) is 5.58 Å². The van der Waals surface area contributed by atoms with E-state index in [4.69, 9.17) is 4.42 Å². The molecule has 0 amide bonds. The lowest BCUT2D eigenvalue weighted by molar-refractivity contribution is 0.131. The Morgan fingerprint density at radius 2 is 2.10 bits per heavy atom. The van der Waals surface area contributed by atoms with Crippen molar-refractivity contribution in [2.45, 2.75) is 58.1 Å². The number of hydrogen-bond donors (Lipinski definition) is 1. The van der Waals surface area contributed by atoms with E-state index in [-0.39, 0.29) is 5.76 Å². The third-order valence-corrected chi connectivity index (χ3v) is 4.67. The zero-order valence-corrected chi connectivity index (χ0v) is 12.5. The van der Waals surface area contributed by atoms with E-state index in [1.165, 1.54) is 32.1 Å². The Balaban J connectivity index is 1.81. The highest BCUT2D eigenvalue weighted by Crippen LogP contribution is 2.32. The molecule has 0 bridgehead atoms. The third-order valence-electron chi connectivity index (χ3n) is 4.67. The summed E-state index contributed by atoms with van der Waals surface area (Å²) in [5.41, 5.74) is 2.23. The van der Waals surface area contributed by atoms with Crippen LogP contribution in [0.3, 0.4) is 0 Å². The summed E-state index contributed by atoms with van der Waals surface area (Å²) in [6.07, 6.45) is 6.68. The van der Waals surface area contributed by atoms with Gasteiger partial charge in [0.2, 0.25) is 0 Å². The molecule has 114 valence electrons. The number of benzene rings is 1. The van der Waals surface area contributed by atoms with Gasteiger partial charge in [0.25, 0.3) is 0 Å². The van der Waals surface area contributed by atoms with Crippen LogP contribution in [0.25, 0.3) is 11.1 Å². The van der Waals surface area contributed by atoms with Gasteiger partial charge >= 0.3 is 5.76 Å². The lowest BCUT2D eigenvalue weighted by Gasteiger charge is -2.24. The molecule has 0 radical (unpaired) electrons. The molecule has 0 aliphatic heterocycles. The van der Waals surface area contributed by atoms with E-state index in [0.29, 0.717) is 18.0 Å². The summed E-state index contributed by atoms with van der Waals surface area (Å²) in [5, 5.41) is 10.4. The normalized spacial score (nSPS) is 18.2. The van der Waals surface area contributed by atoms with Crippen LogP contribution in [-0.2, 0) is 6.54 Å². The SMILES string of the molecule is CCn1c(=O)oc2cc(C(O)CC3CCCCC3)ccc21. The van der Waals surface area contributed by atoms with Gasteiger partial charge in [-0.1, -0.05) is 38.2 Å². The van der Waals surface area contributed by atoms with Crippen LogP contribution in [0.1, 0.15) is 57.1 Å². The van der Waals surface area contributed by atoms with Crippen LogP contribution in [-0.4, -0.2) is 9.67 Å². The molecular formula is C17H23NO3. The van der Waals surface area contributed by atoms with Crippen molar-refractivity contribution in [1.29, 1.82) is 0 Å². The number of oxazole rings is 1. The van der Waals surface area contributed by atoms with Gasteiger partial charge in [-0.05, 0) is 37.0 Å². The fourth-order valence-corrected chi connectivity index (χ4v) is 3.46. The zero-order chi connectivity index (χ0) is 14.8. The minimum atomic E-state index is -0.465. The maximum absolute atomic E-state index is 11.7. The number of rotatable bonds is 4. The second-order valence-corrected chi connectivity index (χ2v) is 6.09. The summed E-state index contributed by atoms with van der Waals surface area (Å²) in [6, 6.07) is 5.61. The number of aryl methyl sites for hydroxylation is 1. The van der Waals surface area contributed by atoms with Gasteiger partial charge < -0.3 is 9.52 Å². The van der Waals surface area contributed by atoms with E-state index in [2.05, 4.69) is 0 Å². The maximum atomic E-state index is 11.7. The van der Waals surface area contributed by atoms with Crippen molar-refractivity contribution in [2.24, 2.45) is 5.92 Å². The summed E-state index contributed by atoms with van der Waals surface area (Å²) in [6.45, 7) is 2.51. The molecule has 0 saturated heterocycles. The maximum Gasteiger partial charge on any atom is 0.419 e. The molecule has 1 unspecified atom stereocenters. The summed E-state index contributed by atoms with van der Waals surface area (Å²) >= 11 is 0. The number of hydrogen-bond acceptors (Lipinski definition) is 3. The highest BCUT2D eigenvalue weighted by Gasteiger charge is 2.19. The van der Waals surface area contributed by atoms with Crippen molar-refractivity contribution in [1.82, 2.24) is 4.57 Å². The quantitative estimate of drug-likeness (QED) is 0.935. The van der Waals surface area contributed by atoms with Crippen molar-refractivity contribution < 1.29 is 9.52 Å². The van der Waals surface area contributed by atoms with Crippen molar-refractivity contribution in [2.75, 3.05) is 0 Å². The minimum Gasteiger partial charge on any atom is -0.408 e. The summed E-state index contributed by atoms with van der Waals surface area (Å²) in [7, 11) is 0. The standard InChI is InChI=1S/C17H23NO3/c1-2-18-14-9-8-13(11-16(14)21-17(18)20)15(19)10-12-6-4-3-5-7-12/h8-9,11-12,15,19H,2-7,10H2,1H3. The Labute approximate surface area is 124 Å². The second kappa shape index (κ2) is 6.06. The predicted molar refractivity (Wildman–Crippen MR) is 82.3 cm³/mol. The predicted octanol–water partition coefficient (Wildman–Crippen LogP) is 3.62. The topological polar surface area (TPSA) is 55.4 Å². The highest BCUT2D eigenvalue weighted by atomic mass is 16.4. The van der Waals surface area contributed by atoms with Crippen LogP contribution in [0.2, 0.25) is 0 Å². The van der Waals surface area contributed by atoms with Gasteiger partial charge in [-0.2, -0.15) is 0 Å². The molecule has 1 N–H and O–H groups in total. The first-order chi connectivity index (χ1) is 10.2. The van der Waals surface area contributed by atoms with Gasteiger partial charge in [0, 0.05) is 6.54 Å². The van der Waals surface area contributed by atoms with E-state index in [0.717, 1.165) is 17.5 Å². The monoisotopic (exact) mass is 289 g/mol. The van der Waals surface area contributed by atoms with Crippen molar-refractivity contribution in [3.05, 3.63) is 34.3 Å². The third kappa shape index (κ3) is 2.91. The van der Waals surface area contributed by atoms with Crippen molar-refractivity contribution in [3.63, 3.8) is 0 Å². The lowest BCUT2D eigenvalue weighted by atomic mass is 9.84. The zero-order valence-electron chi connectivity index (χ0n) is 12.5. The molecule has 1 aliphatic carbocycles. The molecular weight excluding hydrogens is 266 g/mol.